The van der Waals surface area contributed by atoms with Gasteiger partial charge in [-0.3, -0.25) is 18.9 Å². The molecule has 2 rings (SSSR count). The minimum atomic E-state index is -5.11. The highest BCUT2D eigenvalue weighted by Crippen LogP contribution is 2.52. The van der Waals surface area contributed by atoms with Crippen LogP contribution in [0.1, 0.15) is 103 Å². The number of nitriles is 1. The number of hydrogen-bond donors (Lipinski definition) is 4. The quantitative estimate of drug-likeness (QED) is 0.0259. The van der Waals surface area contributed by atoms with Gasteiger partial charge in [0.05, 0.1) is 38.9 Å². The molecule has 0 spiro atoms. The van der Waals surface area contributed by atoms with E-state index in [4.69, 9.17) is 27.8 Å². The number of rotatable bonds is 30. The van der Waals surface area contributed by atoms with Crippen LogP contribution >= 0.6 is 16.1 Å². The zero-order valence-corrected chi connectivity index (χ0v) is 38.4. The monoisotopic (exact) mass is 961 g/mol. The number of amides is 3. The van der Waals surface area contributed by atoms with Crippen LogP contribution in [-0.2, 0) is 43.5 Å². The average molecular weight is 962 g/mol. The Bertz CT molecular complexity index is 1910. The first-order valence-corrected chi connectivity index (χ1v) is 23.6. The largest absolute Gasteiger partial charge is 0.507 e. The molecule has 362 valence electrons. The van der Waals surface area contributed by atoms with Crippen molar-refractivity contribution in [2.45, 2.75) is 130 Å². The van der Waals surface area contributed by atoms with E-state index in [1.54, 1.807) is 10.6 Å². The number of carbonyl (C=O) groups excluding carboxylic acids is 3. The van der Waals surface area contributed by atoms with Crippen LogP contribution < -0.4 is 26.9 Å². The zero-order valence-electron chi connectivity index (χ0n) is 36.6. The van der Waals surface area contributed by atoms with Crippen molar-refractivity contribution in [2.75, 3.05) is 46.1 Å². The van der Waals surface area contributed by atoms with Gasteiger partial charge in [-0.1, -0.05) is 12.8 Å². The maximum Gasteiger partial charge on any atom is 0.471 e. The number of phenolic OH excluding ortho intramolecular Hbond substituents is 1. The topological polar surface area (TPSA) is 219 Å². The second-order valence-corrected chi connectivity index (χ2v) is 18.5. The fourth-order valence-electron chi connectivity index (χ4n) is 6.12. The van der Waals surface area contributed by atoms with Crippen molar-refractivity contribution in [2.24, 2.45) is 0 Å². The Hall–Kier alpha value is -3.83. The van der Waals surface area contributed by atoms with E-state index in [1.807, 2.05) is 0 Å². The number of fused-ring (bicyclic) bond motifs is 1. The third-order valence-corrected chi connectivity index (χ3v) is 13.3. The summed E-state index contributed by atoms with van der Waals surface area (Å²) < 4.78 is 121. The highest BCUT2D eigenvalue weighted by atomic mass is 31.2. The van der Waals surface area contributed by atoms with Crippen LogP contribution in [-0.4, -0.2) is 98.0 Å². The summed E-state index contributed by atoms with van der Waals surface area (Å²) in [6, 6.07) is 5.01. The van der Waals surface area contributed by atoms with E-state index in [9.17, 15) is 55.2 Å². The van der Waals surface area contributed by atoms with E-state index < -0.39 is 83.3 Å². The molecule has 24 heteroatoms. The van der Waals surface area contributed by atoms with E-state index in [0.29, 0.717) is 25.1 Å². The molecule has 0 aliphatic carbocycles. The molecule has 4 N–H and O–H groups in total. The van der Waals surface area contributed by atoms with E-state index in [0.717, 1.165) is 25.3 Å². The molecule has 0 fully saturated rings. The van der Waals surface area contributed by atoms with Crippen LogP contribution in [0.3, 0.4) is 0 Å². The van der Waals surface area contributed by atoms with Crippen LogP contribution in [0, 0.1) is 18.3 Å². The molecule has 1 aromatic heterocycles. The average Bonchev–Trinajstić information content (AvgIpc) is 3.19. The minimum absolute atomic E-state index is 0.0809. The number of carbonyl (C=O) groups is 3. The molecule has 0 bridgehead atoms. The van der Waals surface area contributed by atoms with Crippen molar-refractivity contribution in [1.82, 2.24) is 20.6 Å². The molecule has 0 saturated carbocycles. The van der Waals surface area contributed by atoms with Crippen LogP contribution in [0.2, 0.25) is 0 Å². The fourth-order valence-corrected chi connectivity index (χ4v) is 9.63. The predicted octanol–water partition coefficient (Wildman–Crippen LogP) is 7.48. The van der Waals surface area contributed by atoms with Gasteiger partial charge >= 0.3 is 37.4 Å². The van der Waals surface area contributed by atoms with Crippen molar-refractivity contribution in [1.29, 1.82) is 5.26 Å². The molecule has 0 saturated heterocycles. The molecule has 1 unspecified atom stereocenters. The third-order valence-electron chi connectivity index (χ3n) is 9.17. The van der Waals surface area contributed by atoms with Crippen LogP contribution in [0.5, 0.6) is 5.75 Å². The first-order chi connectivity index (χ1) is 30.0. The molecule has 0 aliphatic heterocycles. The number of halogens is 6. The lowest BCUT2D eigenvalue weighted by atomic mass is 10.0. The lowest BCUT2D eigenvalue weighted by molar-refractivity contribution is -0.173. The van der Waals surface area contributed by atoms with Gasteiger partial charge in [0.1, 0.15) is 11.1 Å². The van der Waals surface area contributed by atoms with Crippen molar-refractivity contribution < 1.29 is 72.9 Å². The second-order valence-electron chi connectivity index (χ2n) is 15.1. The van der Waals surface area contributed by atoms with Crippen molar-refractivity contribution >= 4 is 50.1 Å². The third kappa shape index (κ3) is 19.3. The molecule has 0 aliphatic rings. The van der Waals surface area contributed by atoms with Crippen LogP contribution in [0.25, 0.3) is 11.0 Å². The molecule has 2 aromatic rings. The number of aryl methyl sites for hydroxylation is 2. The summed E-state index contributed by atoms with van der Waals surface area (Å²) in [6.07, 6.45) is -7.51. The van der Waals surface area contributed by atoms with Crippen LogP contribution in [0.15, 0.2) is 21.3 Å². The summed E-state index contributed by atoms with van der Waals surface area (Å²) in [5.74, 6) is -5.39. The number of unbranched alkanes of at least 4 members (excludes halogenated alkanes) is 5. The Morgan fingerprint density at radius 2 is 1.31 bits per heavy atom. The molecule has 3 amide bonds. The van der Waals surface area contributed by atoms with Gasteiger partial charge in [-0.2, -0.15) is 31.6 Å². The number of phenols is 1. The van der Waals surface area contributed by atoms with Gasteiger partial charge in [0, 0.05) is 49.6 Å². The SMILES string of the molecule is Cc1cc(=O)oc2c(P(=O)(OCCCCNC(=O)C(F)(F)F)OCCCCNC(=O)C(F)(F)F)c(O)c(CCC(=O)NCCCCCCOP(OCCC#N)N(C(C)C)C(C)C)cc12. The van der Waals surface area contributed by atoms with E-state index in [2.05, 4.69) is 43.8 Å². The summed E-state index contributed by atoms with van der Waals surface area (Å²) in [4.78, 5) is 47.8. The summed E-state index contributed by atoms with van der Waals surface area (Å²) in [5, 5.41) is 26.3. The number of nitrogens with one attached hydrogen (secondary N) is 3. The standard InChI is InChI=1S/C40H59F6N5O11P2/c1-27(2)51(28(3)4)63(59-22-14-17-47)58-21-11-7-6-8-18-48-32(52)16-15-30-26-31-29(5)25-33(53)62-35(31)36(34(30)54)64(57,60-23-12-9-19-49-37(55)39(41,42)43)61-24-13-10-20-50-38(56)40(44,45)46/h25-28,54H,6-16,18-24H2,1-5H3,(H,48,52)(H,49,55)(H,50,56). The summed E-state index contributed by atoms with van der Waals surface area (Å²) in [7, 11) is -6.11. The maximum atomic E-state index is 14.6. The van der Waals surface area contributed by atoms with Gasteiger partial charge in [0.25, 0.3) is 8.53 Å². The molecule has 1 heterocycles. The van der Waals surface area contributed by atoms with E-state index in [1.165, 1.54) is 13.0 Å². The van der Waals surface area contributed by atoms with Gasteiger partial charge in [-0.25, -0.2) is 9.46 Å². The Balaban J connectivity index is 2.15. The first-order valence-electron chi connectivity index (χ1n) is 20.9. The molecule has 16 nitrogen and oxygen atoms in total. The normalized spacial score (nSPS) is 12.8. The zero-order chi connectivity index (χ0) is 48.1. The fraction of sp³-hybridized carbons (Fsp3) is 0.675. The van der Waals surface area contributed by atoms with Gasteiger partial charge in [-0.15, -0.1) is 0 Å². The Labute approximate surface area is 369 Å². The van der Waals surface area contributed by atoms with Crippen molar-refractivity contribution in [3.63, 3.8) is 0 Å². The predicted molar refractivity (Wildman–Crippen MR) is 226 cm³/mol. The molecular weight excluding hydrogens is 902 g/mol. The number of hydrogen-bond acceptors (Lipinski definition) is 13. The number of aromatic hydroxyl groups is 1. The van der Waals surface area contributed by atoms with E-state index >= 15 is 0 Å². The van der Waals surface area contributed by atoms with Gasteiger partial charge < -0.3 is 43.6 Å². The first kappa shape index (κ1) is 56.3. The summed E-state index contributed by atoms with van der Waals surface area (Å²) in [5.41, 5.74) is -0.847. The molecule has 1 atom stereocenters. The van der Waals surface area contributed by atoms with Crippen LogP contribution in [0.4, 0.5) is 26.3 Å². The minimum Gasteiger partial charge on any atom is -0.507 e. The maximum absolute atomic E-state index is 14.6. The van der Waals surface area contributed by atoms with E-state index in [-0.39, 0.29) is 86.1 Å². The smallest absolute Gasteiger partial charge is 0.471 e. The number of nitrogens with zero attached hydrogens (tertiary/aromatic N) is 2. The molecule has 1 aromatic carbocycles. The Morgan fingerprint density at radius 1 is 0.812 bits per heavy atom. The highest BCUT2D eigenvalue weighted by Gasteiger charge is 2.40. The van der Waals surface area contributed by atoms with Gasteiger partial charge in [-0.05, 0) is 96.8 Å². The highest BCUT2D eigenvalue weighted by molar-refractivity contribution is 7.63. The van der Waals surface area contributed by atoms with Crippen molar-refractivity contribution in [3.05, 3.63) is 33.7 Å². The summed E-state index contributed by atoms with van der Waals surface area (Å²) >= 11 is 0. The Kier molecular flexibility index (Phi) is 24.3. The lowest BCUT2D eigenvalue weighted by Crippen LogP contribution is -2.37. The number of alkyl halides is 6. The lowest BCUT2D eigenvalue weighted by Gasteiger charge is -2.35. The summed E-state index contributed by atoms with van der Waals surface area (Å²) in [6.45, 7) is 9.05. The second kappa shape index (κ2) is 27.6. The Morgan fingerprint density at radius 3 is 1.84 bits per heavy atom. The van der Waals surface area contributed by atoms with Crippen molar-refractivity contribution in [3.8, 4) is 11.8 Å². The van der Waals surface area contributed by atoms with Gasteiger partial charge in [0.15, 0.2) is 5.58 Å². The molecule has 64 heavy (non-hydrogen) atoms. The number of benzene rings is 1. The molecular formula is C40H59F6N5O11P2. The molecule has 0 radical (unpaired) electrons. The van der Waals surface area contributed by atoms with Gasteiger partial charge in [0.2, 0.25) is 5.91 Å².